The van der Waals surface area contributed by atoms with Crippen molar-refractivity contribution in [2.45, 2.75) is 6.61 Å². The minimum absolute atomic E-state index is 0.0000499. The maximum atomic E-state index is 12.1. The van der Waals surface area contributed by atoms with E-state index in [0.717, 1.165) is 5.56 Å². The molecule has 0 saturated heterocycles. The van der Waals surface area contributed by atoms with Crippen LogP contribution in [0.1, 0.15) is 15.9 Å². The second-order valence-corrected chi connectivity index (χ2v) is 4.70. The Labute approximate surface area is 125 Å². The predicted octanol–water partition coefficient (Wildman–Crippen LogP) is 3.18. The maximum Gasteiger partial charge on any atom is 0.258 e. The number of hydrogen-bond acceptors (Lipinski definition) is 4. The molecule has 0 aliphatic heterocycles. The molecule has 0 saturated carbocycles. The summed E-state index contributed by atoms with van der Waals surface area (Å²) in [6.45, 7) is 0.465. The normalized spacial score (nSPS) is 10.3. The number of nitrogens with zero attached hydrogens (tertiary/aromatic N) is 2. The predicted molar refractivity (Wildman–Crippen MR) is 77.2 cm³/mol. The van der Waals surface area contributed by atoms with Gasteiger partial charge < -0.3 is 10.1 Å². The van der Waals surface area contributed by atoms with Gasteiger partial charge in [-0.1, -0.05) is 35.3 Å². The second kappa shape index (κ2) is 6.65. The topological polar surface area (TPSA) is 64.1 Å². The van der Waals surface area contributed by atoms with Gasteiger partial charge in [-0.3, -0.25) is 4.79 Å². The van der Waals surface area contributed by atoms with E-state index in [2.05, 4.69) is 15.5 Å². The molecule has 1 aromatic heterocycles. The molecule has 0 spiro atoms. The molecule has 0 fully saturated rings. The van der Waals surface area contributed by atoms with Crippen molar-refractivity contribution in [3.8, 4) is 0 Å². The first-order valence-electron chi connectivity index (χ1n) is 5.68. The zero-order valence-corrected chi connectivity index (χ0v) is 12.1. The Hall–Kier alpha value is -1.69. The molecular weight excluding hydrogens is 301 g/mol. The first-order valence-corrected chi connectivity index (χ1v) is 6.43. The molecule has 0 bridgehead atoms. The Morgan fingerprint density at radius 2 is 2.10 bits per heavy atom. The van der Waals surface area contributed by atoms with Crippen LogP contribution in [0.25, 0.3) is 0 Å². The molecule has 2 rings (SSSR count). The summed E-state index contributed by atoms with van der Waals surface area (Å²) in [4.78, 5) is 12.1. The van der Waals surface area contributed by atoms with Gasteiger partial charge in [0.05, 0.1) is 12.2 Å². The smallest absolute Gasteiger partial charge is 0.258 e. The van der Waals surface area contributed by atoms with Crippen LogP contribution in [0.4, 0.5) is 5.69 Å². The number of hydrogen-bond donors (Lipinski definition) is 1. The molecule has 1 amide bonds. The fourth-order valence-electron chi connectivity index (χ4n) is 1.62. The molecule has 0 atom stereocenters. The highest BCUT2D eigenvalue weighted by Crippen LogP contribution is 2.18. The monoisotopic (exact) mass is 311 g/mol. The molecule has 0 unspecified atom stereocenters. The zero-order valence-electron chi connectivity index (χ0n) is 10.6. The van der Waals surface area contributed by atoms with E-state index >= 15 is 0 Å². The van der Waals surface area contributed by atoms with Crippen LogP contribution in [0.2, 0.25) is 10.3 Å². The van der Waals surface area contributed by atoms with Crippen LogP contribution in [-0.4, -0.2) is 23.2 Å². The van der Waals surface area contributed by atoms with Gasteiger partial charge in [0.15, 0.2) is 10.3 Å². The lowest BCUT2D eigenvalue weighted by molar-refractivity contribution is 0.102. The van der Waals surface area contributed by atoms with E-state index in [1.54, 1.807) is 13.2 Å². The third kappa shape index (κ3) is 3.66. The van der Waals surface area contributed by atoms with Gasteiger partial charge in [0.25, 0.3) is 5.91 Å². The molecule has 0 aliphatic carbocycles. The average Bonchev–Trinajstić information content (AvgIpc) is 2.42. The summed E-state index contributed by atoms with van der Waals surface area (Å²) in [5.74, 6) is -0.402. The van der Waals surface area contributed by atoms with Gasteiger partial charge in [0.2, 0.25) is 0 Å². The molecule has 20 heavy (non-hydrogen) atoms. The summed E-state index contributed by atoms with van der Waals surface area (Å²) in [6.07, 6.45) is 0. The first kappa shape index (κ1) is 14.7. The summed E-state index contributed by atoms with van der Waals surface area (Å²) in [5.41, 5.74) is 1.75. The Balaban J connectivity index is 2.19. The number of rotatable bonds is 4. The fraction of sp³-hybridized carbons (Fsp3) is 0.154. The highest BCUT2D eigenvalue weighted by atomic mass is 35.5. The summed E-state index contributed by atoms with van der Waals surface area (Å²) in [6, 6.07) is 8.66. The number of anilines is 1. The van der Waals surface area contributed by atoms with E-state index in [1.165, 1.54) is 6.07 Å². The van der Waals surface area contributed by atoms with Crippen molar-refractivity contribution in [1.29, 1.82) is 0 Å². The summed E-state index contributed by atoms with van der Waals surface area (Å²) < 4.78 is 5.04. The van der Waals surface area contributed by atoms with Crippen molar-refractivity contribution < 1.29 is 9.53 Å². The maximum absolute atomic E-state index is 12.1. The third-order valence-corrected chi connectivity index (χ3v) is 2.92. The van der Waals surface area contributed by atoms with E-state index in [0.29, 0.717) is 12.3 Å². The van der Waals surface area contributed by atoms with E-state index in [1.807, 2.05) is 18.2 Å². The first-order chi connectivity index (χ1) is 9.60. The number of amides is 1. The Kier molecular flexibility index (Phi) is 4.89. The van der Waals surface area contributed by atoms with E-state index < -0.39 is 5.91 Å². The number of benzene rings is 1. The van der Waals surface area contributed by atoms with Crippen LogP contribution >= 0.6 is 23.2 Å². The van der Waals surface area contributed by atoms with Crippen LogP contribution in [0.3, 0.4) is 0 Å². The Morgan fingerprint density at radius 1 is 1.30 bits per heavy atom. The largest absolute Gasteiger partial charge is 0.380 e. The number of carbonyl (C=O) groups excluding carboxylic acids is 1. The van der Waals surface area contributed by atoms with Crippen LogP contribution in [0, 0.1) is 0 Å². The zero-order chi connectivity index (χ0) is 14.5. The molecule has 1 N–H and O–H groups in total. The fourth-order valence-corrected chi connectivity index (χ4v) is 1.94. The average molecular weight is 312 g/mol. The van der Waals surface area contributed by atoms with E-state index in [9.17, 15) is 4.79 Å². The number of halogens is 2. The SMILES string of the molecule is COCc1cccc(NC(=O)c2cc(Cl)nnc2Cl)c1. The standard InChI is InChI=1S/C13H11Cl2N3O2/c1-20-7-8-3-2-4-9(5-8)16-13(19)10-6-11(14)17-18-12(10)15/h2-6H,7H2,1H3,(H,16,19). The van der Waals surface area contributed by atoms with Crippen molar-refractivity contribution >= 4 is 34.8 Å². The molecular formula is C13H11Cl2N3O2. The van der Waals surface area contributed by atoms with Crippen molar-refractivity contribution in [2.75, 3.05) is 12.4 Å². The second-order valence-electron chi connectivity index (χ2n) is 3.96. The number of aromatic nitrogens is 2. The molecule has 5 nitrogen and oxygen atoms in total. The third-order valence-electron chi connectivity index (χ3n) is 2.46. The Bertz CT molecular complexity index is 635. The van der Waals surface area contributed by atoms with E-state index in [4.69, 9.17) is 27.9 Å². The van der Waals surface area contributed by atoms with Crippen molar-refractivity contribution in [1.82, 2.24) is 10.2 Å². The van der Waals surface area contributed by atoms with Gasteiger partial charge in [-0.15, -0.1) is 10.2 Å². The minimum atomic E-state index is -0.402. The molecule has 1 heterocycles. The number of ether oxygens (including phenoxy) is 1. The minimum Gasteiger partial charge on any atom is -0.380 e. The van der Waals surface area contributed by atoms with Crippen LogP contribution in [0.5, 0.6) is 0 Å². The van der Waals surface area contributed by atoms with Crippen molar-refractivity contribution in [3.05, 3.63) is 51.8 Å². The van der Waals surface area contributed by atoms with Gasteiger partial charge >= 0.3 is 0 Å². The molecule has 0 radical (unpaired) electrons. The van der Waals surface area contributed by atoms with Crippen LogP contribution in [-0.2, 0) is 11.3 Å². The van der Waals surface area contributed by atoms with Crippen LogP contribution in [0.15, 0.2) is 30.3 Å². The number of carbonyl (C=O) groups is 1. The molecule has 0 aliphatic rings. The van der Waals surface area contributed by atoms with Gasteiger partial charge in [-0.05, 0) is 23.8 Å². The summed E-state index contributed by atoms with van der Waals surface area (Å²) >= 11 is 11.5. The number of methoxy groups -OCH3 is 1. The van der Waals surface area contributed by atoms with E-state index in [-0.39, 0.29) is 15.9 Å². The van der Waals surface area contributed by atoms with Crippen LogP contribution < -0.4 is 5.32 Å². The van der Waals surface area contributed by atoms with Crippen molar-refractivity contribution in [2.24, 2.45) is 0 Å². The molecule has 104 valence electrons. The lowest BCUT2D eigenvalue weighted by Crippen LogP contribution is -2.13. The molecule has 1 aromatic carbocycles. The lowest BCUT2D eigenvalue weighted by atomic mass is 10.2. The van der Waals surface area contributed by atoms with Gasteiger partial charge in [-0.25, -0.2) is 0 Å². The quantitative estimate of drug-likeness (QED) is 0.942. The molecule has 7 heteroatoms. The summed E-state index contributed by atoms with van der Waals surface area (Å²) in [5, 5.41) is 9.97. The highest BCUT2D eigenvalue weighted by Gasteiger charge is 2.13. The van der Waals surface area contributed by atoms with Crippen molar-refractivity contribution in [3.63, 3.8) is 0 Å². The van der Waals surface area contributed by atoms with Gasteiger partial charge in [0, 0.05) is 12.8 Å². The lowest BCUT2D eigenvalue weighted by Gasteiger charge is -2.08. The highest BCUT2D eigenvalue weighted by molar-refractivity contribution is 6.34. The van der Waals surface area contributed by atoms with Gasteiger partial charge in [-0.2, -0.15) is 0 Å². The molecule has 2 aromatic rings. The Morgan fingerprint density at radius 3 is 2.85 bits per heavy atom. The van der Waals surface area contributed by atoms with Gasteiger partial charge in [0.1, 0.15) is 0 Å². The summed E-state index contributed by atoms with van der Waals surface area (Å²) in [7, 11) is 1.61. The number of nitrogens with one attached hydrogen (secondary N) is 1.